The average molecular weight is 362 g/mol. The van der Waals surface area contributed by atoms with Gasteiger partial charge in [-0.3, -0.25) is 10.1 Å². The van der Waals surface area contributed by atoms with Crippen molar-refractivity contribution in [1.29, 1.82) is 0 Å². The fraction of sp³-hybridized carbons (Fsp3) is 0.125. The predicted octanol–water partition coefficient (Wildman–Crippen LogP) is 4.39. The van der Waals surface area contributed by atoms with Gasteiger partial charge in [-0.25, -0.2) is 0 Å². The zero-order chi connectivity index (χ0) is 18.0. The quantitative estimate of drug-likeness (QED) is 0.398. The molecule has 0 saturated carbocycles. The first kappa shape index (κ1) is 16.7. The van der Waals surface area contributed by atoms with Crippen LogP contribution in [0, 0.1) is 15.0 Å². The number of halogens is 1. The summed E-state index contributed by atoms with van der Waals surface area (Å²) < 4.78 is 6.99. The molecule has 0 aliphatic heterocycles. The number of nitroso groups, excluding NO2 is 1. The Morgan fingerprint density at radius 3 is 2.60 bits per heavy atom. The minimum atomic E-state index is -0.577. The number of ether oxygens (including phenoxy) is 1. The largest absolute Gasteiger partial charge is 0.493 e. The molecule has 0 saturated heterocycles. The number of nitro benzene ring substituents is 1. The van der Waals surface area contributed by atoms with Crippen molar-refractivity contribution in [3.05, 3.63) is 62.5 Å². The van der Waals surface area contributed by atoms with Gasteiger partial charge in [-0.1, -0.05) is 11.6 Å². The van der Waals surface area contributed by atoms with Crippen LogP contribution in [0.2, 0.25) is 5.02 Å². The monoisotopic (exact) mass is 361 g/mol. The van der Waals surface area contributed by atoms with Gasteiger partial charge in [0.1, 0.15) is 12.4 Å². The van der Waals surface area contributed by atoms with Gasteiger partial charge in [-0.05, 0) is 35.5 Å². The van der Waals surface area contributed by atoms with Crippen LogP contribution in [0.4, 0.5) is 11.4 Å². The number of fused-ring (bicyclic) bond motifs is 1. The van der Waals surface area contributed by atoms with Gasteiger partial charge >= 0.3 is 0 Å². The highest BCUT2D eigenvalue weighted by atomic mass is 35.5. The molecule has 9 heteroatoms. The number of rotatable bonds is 6. The molecule has 128 valence electrons. The summed E-state index contributed by atoms with van der Waals surface area (Å²) >= 11 is 5.80. The van der Waals surface area contributed by atoms with Crippen molar-refractivity contribution in [2.45, 2.75) is 6.54 Å². The van der Waals surface area contributed by atoms with Crippen LogP contribution >= 0.6 is 11.6 Å². The molecule has 1 heterocycles. The molecule has 0 aliphatic rings. The number of hydrogen-bond acceptors (Lipinski definition) is 6. The van der Waals surface area contributed by atoms with Crippen LogP contribution in [0.5, 0.6) is 11.6 Å². The Balaban J connectivity index is 1.87. The summed E-state index contributed by atoms with van der Waals surface area (Å²) in [6.45, 7) is 0.423. The number of aromatic hydroxyl groups is 1. The van der Waals surface area contributed by atoms with Crippen LogP contribution in [0.25, 0.3) is 10.9 Å². The normalized spacial score (nSPS) is 10.8. The van der Waals surface area contributed by atoms with E-state index in [1.165, 1.54) is 22.8 Å². The Morgan fingerprint density at radius 2 is 1.96 bits per heavy atom. The molecule has 3 aromatic rings. The van der Waals surface area contributed by atoms with E-state index in [1.807, 2.05) is 0 Å². The van der Waals surface area contributed by atoms with Crippen LogP contribution in [-0.2, 0) is 6.54 Å². The Kier molecular flexibility index (Phi) is 4.53. The van der Waals surface area contributed by atoms with Crippen LogP contribution in [-0.4, -0.2) is 21.2 Å². The third-order valence-electron chi connectivity index (χ3n) is 3.69. The van der Waals surface area contributed by atoms with Crippen molar-refractivity contribution in [3.63, 3.8) is 0 Å². The van der Waals surface area contributed by atoms with Crippen molar-refractivity contribution in [2.24, 2.45) is 5.18 Å². The molecule has 2 aromatic carbocycles. The third kappa shape index (κ3) is 3.24. The molecule has 8 nitrogen and oxygen atoms in total. The summed E-state index contributed by atoms with van der Waals surface area (Å²) in [5.41, 5.74) is 0.0366. The third-order valence-corrected chi connectivity index (χ3v) is 3.94. The summed E-state index contributed by atoms with van der Waals surface area (Å²) in [5, 5.41) is 24.7. The van der Waals surface area contributed by atoms with Crippen molar-refractivity contribution in [2.75, 3.05) is 6.61 Å². The molecule has 0 unspecified atom stereocenters. The second kappa shape index (κ2) is 6.78. The Morgan fingerprint density at radius 1 is 1.24 bits per heavy atom. The summed E-state index contributed by atoms with van der Waals surface area (Å²) in [6.07, 6.45) is 0. The number of benzene rings is 2. The van der Waals surface area contributed by atoms with Gasteiger partial charge in [-0.15, -0.1) is 4.91 Å². The van der Waals surface area contributed by atoms with Gasteiger partial charge in [0.2, 0.25) is 5.88 Å². The molecular formula is C16H12ClN3O5. The molecule has 0 fully saturated rings. The molecule has 1 N–H and O–H groups in total. The van der Waals surface area contributed by atoms with E-state index in [9.17, 15) is 20.1 Å². The van der Waals surface area contributed by atoms with E-state index >= 15 is 0 Å². The molecule has 0 aliphatic carbocycles. The van der Waals surface area contributed by atoms with Gasteiger partial charge in [0.05, 0.1) is 17.0 Å². The molecule has 25 heavy (non-hydrogen) atoms. The lowest BCUT2D eigenvalue weighted by Crippen LogP contribution is -2.07. The smallest absolute Gasteiger partial charge is 0.270 e. The first-order valence-corrected chi connectivity index (χ1v) is 7.60. The minimum absolute atomic E-state index is 0.188. The van der Waals surface area contributed by atoms with Gasteiger partial charge in [0.15, 0.2) is 5.69 Å². The molecule has 1 aromatic heterocycles. The number of aromatic nitrogens is 1. The molecular weight excluding hydrogens is 350 g/mol. The molecule has 0 spiro atoms. The zero-order valence-electron chi connectivity index (χ0n) is 12.8. The van der Waals surface area contributed by atoms with Crippen LogP contribution in [0.15, 0.2) is 47.6 Å². The second-order valence-corrected chi connectivity index (χ2v) is 5.61. The lowest BCUT2D eigenvalue weighted by atomic mass is 10.2. The number of nitrogens with zero attached hydrogens (tertiary/aromatic N) is 3. The van der Waals surface area contributed by atoms with Crippen LogP contribution < -0.4 is 4.74 Å². The topological polar surface area (TPSA) is 107 Å². The number of nitro groups is 1. The number of non-ortho nitro benzene ring substituents is 1. The van der Waals surface area contributed by atoms with E-state index in [0.717, 1.165) is 0 Å². The van der Waals surface area contributed by atoms with Crippen molar-refractivity contribution < 1.29 is 14.8 Å². The van der Waals surface area contributed by atoms with Gasteiger partial charge in [0.25, 0.3) is 5.69 Å². The highest BCUT2D eigenvalue weighted by Gasteiger charge is 2.20. The van der Waals surface area contributed by atoms with E-state index in [1.54, 1.807) is 24.3 Å². The Hall–Kier alpha value is -3.13. The maximum Gasteiger partial charge on any atom is 0.270 e. The van der Waals surface area contributed by atoms with Crippen molar-refractivity contribution >= 4 is 33.9 Å². The van der Waals surface area contributed by atoms with E-state index in [2.05, 4.69) is 5.18 Å². The zero-order valence-corrected chi connectivity index (χ0v) is 13.5. The SMILES string of the molecule is O=Nc1c(O)n(CCOc2ccc(Cl)cc2)c2ccc([N+](=O)[O-])cc12. The predicted molar refractivity (Wildman–Crippen MR) is 92.7 cm³/mol. The van der Waals surface area contributed by atoms with E-state index in [0.29, 0.717) is 16.3 Å². The van der Waals surface area contributed by atoms with Crippen LogP contribution in [0.3, 0.4) is 0 Å². The van der Waals surface area contributed by atoms with E-state index in [-0.39, 0.29) is 35.8 Å². The van der Waals surface area contributed by atoms with Gasteiger partial charge < -0.3 is 14.4 Å². The summed E-state index contributed by atoms with van der Waals surface area (Å²) in [4.78, 5) is 21.3. The lowest BCUT2D eigenvalue weighted by molar-refractivity contribution is -0.384. The fourth-order valence-corrected chi connectivity index (χ4v) is 2.65. The lowest BCUT2D eigenvalue weighted by Gasteiger charge is -2.09. The maximum absolute atomic E-state index is 11.0. The molecule has 0 bridgehead atoms. The Bertz CT molecular complexity index is 953. The first-order valence-electron chi connectivity index (χ1n) is 7.22. The average Bonchev–Trinajstić information content (AvgIpc) is 2.87. The standard InChI is InChI=1S/C16H12ClN3O5/c17-10-1-4-12(5-2-10)25-8-7-19-14-6-3-11(20(23)24)9-13(14)15(18-22)16(19)21/h1-6,9,21H,7-8H2. The summed E-state index contributed by atoms with van der Waals surface area (Å²) in [6, 6.07) is 10.8. The van der Waals surface area contributed by atoms with Gasteiger partial charge in [0, 0.05) is 22.5 Å². The minimum Gasteiger partial charge on any atom is -0.493 e. The Labute approximate surface area is 146 Å². The van der Waals surface area contributed by atoms with E-state index < -0.39 is 4.92 Å². The maximum atomic E-state index is 11.0. The molecule has 0 atom stereocenters. The summed E-state index contributed by atoms with van der Waals surface area (Å²) in [5.74, 6) is 0.245. The molecule has 0 amide bonds. The van der Waals surface area contributed by atoms with Crippen molar-refractivity contribution in [1.82, 2.24) is 4.57 Å². The summed E-state index contributed by atoms with van der Waals surface area (Å²) in [7, 11) is 0. The second-order valence-electron chi connectivity index (χ2n) is 5.18. The van der Waals surface area contributed by atoms with Gasteiger partial charge in [-0.2, -0.15) is 0 Å². The highest BCUT2D eigenvalue weighted by molar-refractivity contribution is 6.30. The van der Waals surface area contributed by atoms with Crippen molar-refractivity contribution in [3.8, 4) is 11.6 Å². The fourth-order valence-electron chi connectivity index (χ4n) is 2.53. The molecule has 0 radical (unpaired) electrons. The molecule has 3 rings (SSSR count). The number of hydrogen-bond donors (Lipinski definition) is 1. The first-order chi connectivity index (χ1) is 12.0. The van der Waals surface area contributed by atoms with E-state index in [4.69, 9.17) is 16.3 Å². The van der Waals surface area contributed by atoms with Crippen LogP contribution in [0.1, 0.15) is 0 Å². The highest BCUT2D eigenvalue weighted by Crippen LogP contribution is 2.39.